The van der Waals surface area contributed by atoms with Gasteiger partial charge >= 0.3 is 6.03 Å². The van der Waals surface area contributed by atoms with E-state index in [1.807, 2.05) is 60.4 Å². The second kappa shape index (κ2) is 10.8. The van der Waals surface area contributed by atoms with Gasteiger partial charge in [-0.3, -0.25) is 4.79 Å². The summed E-state index contributed by atoms with van der Waals surface area (Å²) in [4.78, 5) is 30.3. The van der Waals surface area contributed by atoms with Crippen LogP contribution >= 0.6 is 0 Å². The molecule has 4 rings (SSSR count). The molecule has 2 saturated heterocycles. The summed E-state index contributed by atoms with van der Waals surface area (Å²) < 4.78 is 5.56. The molecule has 2 fully saturated rings. The van der Waals surface area contributed by atoms with Gasteiger partial charge in [0, 0.05) is 44.1 Å². The zero-order chi connectivity index (χ0) is 23.2. The van der Waals surface area contributed by atoms with E-state index >= 15 is 0 Å². The van der Waals surface area contributed by atoms with E-state index in [4.69, 9.17) is 4.74 Å². The fraction of sp³-hybridized carbons (Fsp3) is 0.481. The van der Waals surface area contributed by atoms with Gasteiger partial charge in [0.25, 0.3) is 0 Å². The highest BCUT2D eigenvalue weighted by Crippen LogP contribution is 2.26. The highest BCUT2D eigenvalue weighted by molar-refractivity contribution is 5.89. The highest BCUT2D eigenvalue weighted by Gasteiger charge is 2.34. The molecule has 6 heteroatoms. The molecule has 0 radical (unpaired) electrons. The van der Waals surface area contributed by atoms with Crippen LogP contribution in [0.4, 0.5) is 10.5 Å². The molecule has 2 aliphatic rings. The number of benzene rings is 2. The lowest BCUT2D eigenvalue weighted by Gasteiger charge is -2.43. The number of piperidine rings is 1. The van der Waals surface area contributed by atoms with Gasteiger partial charge in [-0.1, -0.05) is 36.4 Å². The molecule has 0 atom stereocenters. The van der Waals surface area contributed by atoms with Gasteiger partial charge < -0.3 is 19.9 Å². The van der Waals surface area contributed by atoms with E-state index in [0.717, 1.165) is 42.5 Å². The van der Waals surface area contributed by atoms with Gasteiger partial charge in [0.1, 0.15) is 0 Å². The number of anilines is 1. The van der Waals surface area contributed by atoms with Crippen molar-refractivity contribution in [3.8, 4) is 0 Å². The van der Waals surface area contributed by atoms with Crippen molar-refractivity contribution in [2.45, 2.75) is 58.0 Å². The van der Waals surface area contributed by atoms with Crippen LogP contribution in [0.25, 0.3) is 0 Å². The first kappa shape index (κ1) is 23.3. The van der Waals surface area contributed by atoms with Crippen molar-refractivity contribution in [1.29, 1.82) is 0 Å². The molecule has 2 aromatic carbocycles. The Labute approximate surface area is 196 Å². The Bertz CT molecular complexity index is 948. The Morgan fingerprint density at radius 1 is 0.939 bits per heavy atom. The molecule has 1 N–H and O–H groups in total. The number of amides is 3. The van der Waals surface area contributed by atoms with Crippen LogP contribution in [0, 0.1) is 13.8 Å². The predicted octanol–water partition coefficient (Wildman–Crippen LogP) is 4.55. The Kier molecular flexibility index (Phi) is 7.65. The van der Waals surface area contributed by atoms with Crippen LogP contribution in [0.2, 0.25) is 0 Å². The van der Waals surface area contributed by atoms with Crippen LogP contribution in [-0.4, -0.2) is 60.1 Å². The van der Waals surface area contributed by atoms with Crippen molar-refractivity contribution in [3.63, 3.8) is 0 Å². The minimum atomic E-state index is -0.0649. The van der Waals surface area contributed by atoms with E-state index in [2.05, 4.69) is 17.1 Å². The van der Waals surface area contributed by atoms with Gasteiger partial charge in [-0.25, -0.2) is 4.79 Å². The van der Waals surface area contributed by atoms with Crippen LogP contribution in [-0.2, 0) is 16.0 Å². The molecule has 0 spiro atoms. The smallest absolute Gasteiger partial charge is 0.321 e. The average molecular weight is 450 g/mol. The van der Waals surface area contributed by atoms with E-state index in [-0.39, 0.29) is 24.0 Å². The summed E-state index contributed by atoms with van der Waals surface area (Å²) in [6.45, 7) is 6.83. The maximum atomic E-state index is 13.4. The number of nitrogens with one attached hydrogen (secondary N) is 1. The number of rotatable bonds is 5. The van der Waals surface area contributed by atoms with Gasteiger partial charge in [0.15, 0.2) is 0 Å². The molecule has 0 saturated carbocycles. The largest absolute Gasteiger partial charge is 0.381 e. The normalized spacial score (nSPS) is 17.6. The molecule has 2 aliphatic heterocycles. The number of hydrogen-bond acceptors (Lipinski definition) is 3. The molecule has 2 heterocycles. The van der Waals surface area contributed by atoms with Crippen LogP contribution in [0.3, 0.4) is 0 Å². The van der Waals surface area contributed by atoms with Gasteiger partial charge in [0.2, 0.25) is 5.91 Å². The lowest BCUT2D eigenvalue weighted by Crippen LogP contribution is -2.54. The Hall–Kier alpha value is -2.86. The first-order valence-electron chi connectivity index (χ1n) is 12.1. The number of carbonyl (C=O) groups is 2. The highest BCUT2D eigenvalue weighted by atomic mass is 16.5. The van der Waals surface area contributed by atoms with Crippen molar-refractivity contribution >= 4 is 17.6 Å². The van der Waals surface area contributed by atoms with E-state index < -0.39 is 0 Å². The maximum absolute atomic E-state index is 13.4. The third-order valence-electron chi connectivity index (χ3n) is 6.97. The number of likely N-dealkylation sites (tertiary alicyclic amines) is 1. The maximum Gasteiger partial charge on any atom is 0.321 e. The van der Waals surface area contributed by atoms with Crippen LogP contribution in [0.5, 0.6) is 0 Å². The summed E-state index contributed by atoms with van der Waals surface area (Å²) in [5.41, 5.74) is 4.24. The van der Waals surface area contributed by atoms with E-state index in [0.29, 0.717) is 32.7 Å². The minimum Gasteiger partial charge on any atom is -0.381 e. The molecule has 0 bridgehead atoms. The molecular weight excluding hydrogens is 414 g/mol. The predicted molar refractivity (Wildman–Crippen MR) is 130 cm³/mol. The second-order valence-electron chi connectivity index (χ2n) is 9.25. The van der Waals surface area contributed by atoms with Gasteiger partial charge in [-0.15, -0.1) is 0 Å². The number of carbonyl (C=O) groups excluding carboxylic acids is 2. The van der Waals surface area contributed by atoms with Gasteiger partial charge in [-0.05, 0) is 68.4 Å². The van der Waals surface area contributed by atoms with Crippen molar-refractivity contribution in [2.24, 2.45) is 0 Å². The van der Waals surface area contributed by atoms with Crippen LogP contribution < -0.4 is 5.32 Å². The van der Waals surface area contributed by atoms with Crippen LogP contribution in [0.15, 0.2) is 48.5 Å². The number of urea groups is 1. The molecule has 6 nitrogen and oxygen atoms in total. The van der Waals surface area contributed by atoms with Crippen LogP contribution in [0.1, 0.15) is 42.4 Å². The third kappa shape index (κ3) is 5.93. The molecule has 176 valence electrons. The van der Waals surface area contributed by atoms with E-state index in [9.17, 15) is 9.59 Å². The van der Waals surface area contributed by atoms with Gasteiger partial charge in [0.05, 0.1) is 6.42 Å². The Balaban J connectivity index is 1.39. The number of hydrogen-bond donors (Lipinski definition) is 1. The minimum absolute atomic E-state index is 0.0649. The SMILES string of the molecule is Cc1ccc(NC(=O)N2CCC(N(C(=O)Cc3ccccc3)C3CCOCC3)CC2)cc1C. The fourth-order valence-corrected chi connectivity index (χ4v) is 4.90. The van der Waals surface area contributed by atoms with Crippen molar-refractivity contribution < 1.29 is 14.3 Å². The lowest BCUT2D eigenvalue weighted by atomic mass is 9.96. The molecule has 0 aliphatic carbocycles. The number of ether oxygens (including phenoxy) is 1. The molecule has 0 aromatic heterocycles. The third-order valence-corrected chi connectivity index (χ3v) is 6.97. The fourth-order valence-electron chi connectivity index (χ4n) is 4.90. The summed E-state index contributed by atoms with van der Waals surface area (Å²) in [7, 11) is 0. The Morgan fingerprint density at radius 2 is 1.61 bits per heavy atom. The monoisotopic (exact) mass is 449 g/mol. The standard InChI is InChI=1S/C27H35N3O3/c1-20-8-9-23(18-21(20)2)28-27(32)29-14-10-24(11-15-29)30(25-12-16-33-17-13-25)26(31)19-22-6-4-3-5-7-22/h3-9,18,24-25H,10-17,19H2,1-2H3,(H,28,32). The van der Waals surface area contributed by atoms with Crippen molar-refractivity contribution in [3.05, 3.63) is 65.2 Å². The first-order valence-corrected chi connectivity index (χ1v) is 12.1. The first-order chi connectivity index (χ1) is 16.0. The Morgan fingerprint density at radius 3 is 2.27 bits per heavy atom. The van der Waals surface area contributed by atoms with E-state index in [1.165, 1.54) is 5.56 Å². The zero-order valence-corrected chi connectivity index (χ0v) is 19.8. The quantitative estimate of drug-likeness (QED) is 0.728. The van der Waals surface area contributed by atoms with E-state index in [1.54, 1.807) is 0 Å². The number of nitrogens with zero attached hydrogens (tertiary/aromatic N) is 2. The molecule has 2 aromatic rings. The summed E-state index contributed by atoms with van der Waals surface area (Å²) in [6, 6.07) is 16.3. The molecule has 3 amide bonds. The van der Waals surface area contributed by atoms with Crippen molar-refractivity contribution in [2.75, 3.05) is 31.6 Å². The topological polar surface area (TPSA) is 61.9 Å². The average Bonchev–Trinajstić information content (AvgIpc) is 2.83. The summed E-state index contributed by atoms with van der Waals surface area (Å²) in [6.07, 6.45) is 3.80. The number of aryl methyl sites for hydroxylation is 2. The second-order valence-corrected chi connectivity index (χ2v) is 9.25. The van der Waals surface area contributed by atoms with Crippen molar-refractivity contribution in [1.82, 2.24) is 9.80 Å². The molecule has 0 unspecified atom stereocenters. The molecule has 33 heavy (non-hydrogen) atoms. The summed E-state index contributed by atoms with van der Waals surface area (Å²) in [5, 5.41) is 3.03. The van der Waals surface area contributed by atoms with Gasteiger partial charge in [-0.2, -0.15) is 0 Å². The summed E-state index contributed by atoms with van der Waals surface area (Å²) >= 11 is 0. The lowest BCUT2D eigenvalue weighted by molar-refractivity contribution is -0.139. The summed E-state index contributed by atoms with van der Waals surface area (Å²) in [5.74, 6) is 0.186. The molecular formula is C27H35N3O3. The zero-order valence-electron chi connectivity index (χ0n) is 19.8.